The number of aromatic nitrogens is 1. The van der Waals surface area contributed by atoms with Crippen LogP contribution in [0.25, 0.3) is 0 Å². The zero-order valence-electron chi connectivity index (χ0n) is 11.2. The maximum absolute atomic E-state index is 4.07. The van der Waals surface area contributed by atoms with Gasteiger partial charge in [-0.15, -0.1) is 0 Å². The van der Waals surface area contributed by atoms with Crippen molar-refractivity contribution in [1.29, 1.82) is 0 Å². The Labute approximate surface area is 110 Å². The third-order valence-electron chi connectivity index (χ3n) is 4.59. The highest BCUT2D eigenvalue weighted by atomic mass is 15.1. The highest BCUT2D eigenvalue weighted by molar-refractivity contribution is 5.09. The predicted molar refractivity (Wildman–Crippen MR) is 73.2 cm³/mol. The summed E-state index contributed by atoms with van der Waals surface area (Å²) in [5.41, 5.74) is 1.36. The number of rotatable bonds is 4. The molecule has 98 valence electrons. The molecule has 1 aromatic heterocycles. The van der Waals surface area contributed by atoms with Gasteiger partial charge in [0, 0.05) is 31.5 Å². The molecule has 0 aromatic carbocycles. The Morgan fingerprint density at radius 1 is 1.33 bits per heavy atom. The van der Waals surface area contributed by atoms with E-state index in [4.69, 9.17) is 0 Å². The second-order valence-electron chi connectivity index (χ2n) is 5.92. The molecule has 0 bridgehead atoms. The average Bonchev–Trinajstić information content (AvgIpc) is 2.95. The van der Waals surface area contributed by atoms with Crippen LogP contribution in [0.4, 0.5) is 0 Å². The van der Waals surface area contributed by atoms with Crippen LogP contribution < -0.4 is 5.32 Å². The molecule has 0 amide bonds. The van der Waals surface area contributed by atoms with Crippen molar-refractivity contribution in [2.45, 2.75) is 31.8 Å². The highest BCUT2D eigenvalue weighted by Crippen LogP contribution is 2.37. The first-order chi connectivity index (χ1) is 8.83. The smallest absolute Gasteiger partial charge is 0.0271 e. The Balaban J connectivity index is 1.53. The van der Waals surface area contributed by atoms with Crippen LogP contribution in [0.2, 0.25) is 0 Å². The van der Waals surface area contributed by atoms with Crippen molar-refractivity contribution < 1.29 is 0 Å². The minimum absolute atomic E-state index is 0.712. The summed E-state index contributed by atoms with van der Waals surface area (Å²) >= 11 is 0. The molecule has 1 aliphatic heterocycles. The summed E-state index contributed by atoms with van der Waals surface area (Å²) in [5.74, 6) is 1.90. The summed E-state index contributed by atoms with van der Waals surface area (Å²) in [6, 6.07) is 4.93. The molecule has 0 radical (unpaired) electrons. The van der Waals surface area contributed by atoms with E-state index >= 15 is 0 Å². The molecule has 3 unspecified atom stereocenters. The van der Waals surface area contributed by atoms with Gasteiger partial charge in [-0.25, -0.2) is 0 Å². The van der Waals surface area contributed by atoms with Crippen LogP contribution in [0.5, 0.6) is 0 Å². The molecule has 3 rings (SSSR count). The number of likely N-dealkylation sites (N-methyl/N-ethyl adjacent to an activating group) is 1. The summed E-state index contributed by atoms with van der Waals surface area (Å²) in [7, 11) is 2.23. The molecule has 0 spiro atoms. The van der Waals surface area contributed by atoms with Gasteiger partial charge in [0.15, 0.2) is 0 Å². The van der Waals surface area contributed by atoms with Crippen molar-refractivity contribution in [1.82, 2.24) is 15.2 Å². The molecule has 1 aliphatic carbocycles. The van der Waals surface area contributed by atoms with E-state index < -0.39 is 0 Å². The molecule has 1 saturated carbocycles. The van der Waals surface area contributed by atoms with Crippen molar-refractivity contribution in [2.75, 3.05) is 20.1 Å². The Kier molecular flexibility index (Phi) is 3.62. The minimum atomic E-state index is 0.712. The van der Waals surface area contributed by atoms with Gasteiger partial charge in [0.25, 0.3) is 0 Å². The molecule has 3 nitrogen and oxygen atoms in total. The zero-order valence-corrected chi connectivity index (χ0v) is 11.2. The van der Waals surface area contributed by atoms with E-state index in [1.54, 1.807) is 0 Å². The molecule has 3 atom stereocenters. The van der Waals surface area contributed by atoms with Gasteiger partial charge in [-0.1, -0.05) is 6.42 Å². The summed E-state index contributed by atoms with van der Waals surface area (Å²) in [6.45, 7) is 3.44. The largest absolute Gasteiger partial charge is 0.312 e. The first-order valence-electron chi connectivity index (χ1n) is 7.14. The minimum Gasteiger partial charge on any atom is -0.312 e. The fraction of sp³-hybridized carbons (Fsp3) is 0.667. The summed E-state index contributed by atoms with van der Waals surface area (Å²) in [4.78, 5) is 6.51. The van der Waals surface area contributed by atoms with Crippen LogP contribution in [0.3, 0.4) is 0 Å². The number of hydrogen-bond acceptors (Lipinski definition) is 3. The lowest BCUT2D eigenvalue weighted by Crippen LogP contribution is -2.38. The fourth-order valence-electron chi connectivity index (χ4n) is 3.70. The SMILES string of the molecule is CN(Cc1ccncc1)CC1NCC2CCCC21. The Morgan fingerprint density at radius 3 is 3.00 bits per heavy atom. The number of hydrogen-bond donors (Lipinski definition) is 1. The van der Waals surface area contributed by atoms with Gasteiger partial charge >= 0.3 is 0 Å². The van der Waals surface area contributed by atoms with Crippen molar-refractivity contribution in [2.24, 2.45) is 11.8 Å². The first-order valence-corrected chi connectivity index (χ1v) is 7.14. The van der Waals surface area contributed by atoms with E-state index in [1.165, 1.54) is 37.9 Å². The molecule has 2 aliphatic rings. The molecule has 2 fully saturated rings. The molecule has 3 heteroatoms. The zero-order chi connectivity index (χ0) is 12.4. The third kappa shape index (κ3) is 2.57. The van der Waals surface area contributed by atoms with Crippen LogP contribution in [0, 0.1) is 11.8 Å². The predicted octanol–water partition coefficient (Wildman–Crippen LogP) is 1.90. The average molecular weight is 245 g/mol. The standard InChI is InChI=1S/C15H23N3/c1-18(10-12-5-7-16-8-6-12)11-15-14-4-2-3-13(14)9-17-15/h5-8,13-15,17H,2-4,9-11H2,1H3. The molecule has 18 heavy (non-hydrogen) atoms. The van der Waals surface area contributed by atoms with E-state index in [2.05, 4.69) is 34.4 Å². The summed E-state index contributed by atoms with van der Waals surface area (Å²) < 4.78 is 0. The van der Waals surface area contributed by atoms with E-state index in [0.717, 1.165) is 18.4 Å². The van der Waals surface area contributed by atoms with Gasteiger partial charge in [-0.05, 0) is 56.0 Å². The van der Waals surface area contributed by atoms with Gasteiger partial charge < -0.3 is 10.2 Å². The molecular weight excluding hydrogens is 222 g/mol. The van der Waals surface area contributed by atoms with E-state index in [9.17, 15) is 0 Å². The summed E-state index contributed by atoms with van der Waals surface area (Å²) in [5, 5.41) is 3.72. The number of nitrogens with one attached hydrogen (secondary N) is 1. The Morgan fingerprint density at radius 2 is 2.17 bits per heavy atom. The van der Waals surface area contributed by atoms with Crippen LogP contribution >= 0.6 is 0 Å². The Hall–Kier alpha value is -0.930. The lowest BCUT2D eigenvalue weighted by molar-refractivity contribution is 0.259. The van der Waals surface area contributed by atoms with Gasteiger partial charge in [-0.2, -0.15) is 0 Å². The van der Waals surface area contributed by atoms with E-state index in [1.807, 2.05) is 12.4 Å². The second kappa shape index (κ2) is 5.37. The van der Waals surface area contributed by atoms with Gasteiger partial charge in [0.1, 0.15) is 0 Å². The Bertz CT molecular complexity index is 379. The van der Waals surface area contributed by atoms with Crippen LogP contribution in [0.15, 0.2) is 24.5 Å². The topological polar surface area (TPSA) is 28.2 Å². The van der Waals surface area contributed by atoms with Gasteiger partial charge in [0.05, 0.1) is 0 Å². The van der Waals surface area contributed by atoms with Crippen molar-refractivity contribution in [3.8, 4) is 0 Å². The molecule has 1 N–H and O–H groups in total. The van der Waals surface area contributed by atoms with Crippen LogP contribution in [0.1, 0.15) is 24.8 Å². The highest BCUT2D eigenvalue weighted by Gasteiger charge is 2.38. The maximum Gasteiger partial charge on any atom is 0.0271 e. The van der Waals surface area contributed by atoms with E-state index in [-0.39, 0.29) is 0 Å². The van der Waals surface area contributed by atoms with E-state index in [0.29, 0.717) is 6.04 Å². The number of fused-ring (bicyclic) bond motifs is 1. The number of pyridine rings is 1. The van der Waals surface area contributed by atoms with Crippen molar-refractivity contribution in [3.63, 3.8) is 0 Å². The maximum atomic E-state index is 4.07. The van der Waals surface area contributed by atoms with Gasteiger partial charge in [-0.3, -0.25) is 4.98 Å². The quantitative estimate of drug-likeness (QED) is 0.878. The molecule has 1 aromatic rings. The van der Waals surface area contributed by atoms with Gasteiger partial charge in [0.2, 0.25) is 0 Å². The third-order valence-corrected chi connectivity index (χ3v) is 4.59. The second-order valence-corrected chi connectivity index (χ2v) is 5.92. The summed E-state index contributed by atoms with van der Waals surface area (Å²) in [6.07, 6.45) is 8.09. The monoisotopic (exact) mass is 245 g/mol. The van der Waals surface area contributed by atoms with Crippen LogP contribution in [-0.4, -0.2) is 36.1 Å². The fourth-order valence-corrected chi connectivity index (χ4v) is 3.70. The van der Waals surface area contributed by atoms with Crippen molar-refractivity contribution >= 4 is 0 Å². The normalized spacial score (nSPS) is 30.9. The lowest BCUT2D eigenvalue weighted by atomic mass is 9.94. The molecular formula is C15H23N3. The molecule has 1 saturated heterocycles. The lowest BCUT2D eigenvalue weighted by Gasteiger charge is -2.25. The number of nitrogens with zero attached hydrogens (tertiary/aromatic N) is 2. The van der Waals surface area contributed by atoms with Crippen molar-refractivity contribution in [3.05, 3.63) is 30.1 Å². The van der Waals surface area contributed by atoms with Crippen LogP contribution in [-0.2, 0) is 6.54 Å². The first kappa shape index (κ1) is 12.1. The molecule has 2 heterocycles.